The van der Waals surface area contributed by atoms with Gasteiger partial charge in [0.1, 0.15) is 11.3 Å². The minimum absolute atomic E-state index is 0.122. The Morgan fingerprint density at radius 3 is 2.57 bits per heavy atom. The molecule has 0 saturated carbocycles. The fraction of sp³-hybridized carbons (Fsp3) is 0.211. The van der Waals surface area contributed by atoms with Crippen LogP contribution in [-0.4, -0.2) is 13.0 Å². The van der Waals surface area contributed by atoms with Crippen molar-refractivity contribution < 1.29 is 13.9 Å². The van der Waals surface area contributed by atoms with Crippen LogP contribution in [0.2, 0.25) is 0 Å². The zero-order valence-corrected chi connectivity index (χ0v) is 13.4. The van der Waals surface area contributed by atoms with E-state index in [4.69, 9.17) is 9.15 Å². The number of hydrogen-bond acceptors (Lipinski definition) is 3. The third kappa shape index (κ3) is 3.06. The molecule has 23 heavy (non-hydrogen) atoms. The largest absolute Gasteiger partial charge is 0.497 e. The molecule has 4 nitrogen and oxygen atoms in total. The van der Waals surface area contributed by atoms with Crippen LogP contribution in [0.5, 0.6) is 5.75 Å². The summed E-state index contributed by atoms with van der Waals surface area (Å²) in [5.41, 5.74) is 2.78. The molecule has 1 amide bonds. The van der Waals surface area contributed by atoms with Gasteiger partial charge in [0, 0.05) is 5.39 Å². The highest BCUT2D eigenvalue weighted by Crippen LogP contribution is 2.23. The highest BCUT2D eigenvalue weighted by Gasteiger charge is 2.16. The Labute approximate surface area is 135 Å². The Hall–Kier alpha value is -2.75. The lowest BCUT2D eigenvalue weighted by Crippen LogP contribution is -2.26. The number of hydrogen-bond donors (Lipinski definition) is 1. The van der Waals surface area contributed by atoms with Crippen molar-refractivity contribution in [3.8, 4) is 5.75 Å². The highest BCUT2D eigenvalue weighted by atomic mass is 16.5. The van der Waals surface area contributed by atoms with Crippen molar-refractivity contribution in [2.75, 3.05) is 7.11 Å². The van der Waals surface area contributed by atoms with Crippen LogP contribution in [0.1, 0.15) is 34.6 Å². The fourth-order valence-corrected chi connectivity index (χ4v) is 2.56. The zero-order valence-electron chi connectivity index (χ0n) is 13.4. The van der Waals surface area contributed by atoms with Crippen LogP contribution in [0, 0.1) is 6.92 Å². The number of benzene rings is 2. The topological polar surface area (TPSA) is 51.5 Å². The molecule has 1 heterocycles. The molecule has 1 atom stereocenters. The van der Waals surface area contributed by atoms with E-state index in [0.717, 1.165) is 27.8 Å². The molecule has 1 N–H and O–H groups in total. The standard InChI is InChI=1S/C19H19NO3/c1-12-5-4-6-15-11-17(23-18(12)15)19(21)20-13(2)14-7-9-16(22-3)10-8-14/h4-11,13H,1-3H3,(H,20,21). The SMILES string of the molecule is COc1ccc(C(C)NC(=O)c2cc3cccc(C)c3o2)cc1. The highest BCUT2D eigenvalue weighted by molar-refractivity contribution is 5.96. The predicted octanol–water partition coefficient (Wildman–Crippen LogP) is 4.24. The summed E-state index contributed by atoms with van der Waals surface area (Å²) in [6.45, 7) is 3.90. The maximum atomic E-state index is 12.4. The Morgan fingerprint density at radius 2 is 1.91 bits per heavy atom. The van der Waals surface area contributed by atoms with E-state index in [1.165, 1.54) is 0 Å². The van der Waals surface area contributed by atoms with E-state index in [-0.39, 0.29) is 11.9 Å². The quantitative estimate of drug-likeness (QED) is 0.784. The number of furan rings is 1. The number of rotatable bonds is 4. The van der Waals surface area contributed by atoms with Crippen molar-refractivity contribution in [3.63, 3.8) is 0 Å². The summed E-state index contributed by atoms with van der Waals surface area (Å²) >= 11 is 0. The molecule has 0 spiro atoms. The van der Waals surface area contributed by atoms with E-state index in [9.17, 15) is 4.79 Å². The summed E-state index contributed by atoms with van der Waals surface area (Å²) in [7, 11) is 1.63. The molecule has 1 unspecified atom stereocenters. The maximum absolute atomic E-state index is 12.4. The smallest absolute Gasteiger partial charge is 0.287 e. The summed E-state index contributed by atoms with van der Waals surface area (Å²) in [6.07, 6.45) is 0. The lowest BCUT2D eigenvalue weighted by atomic mass is 10.1. The van der Waals surface area contributed by atoms with E-state index >= 15 is 0 Å². The van der Waals surface area contributed by atoms with Gasteiger partial charge in [-0.05, 0) is 43.2 Å². The van der Waals surface area contributed by atoms with Gasteiger partial charge in [0.25, 0.3) is 5.91 Å². The van der Waals surface area contributed by atoms with E-state index in [2.05, 4.69) is 5.32 Å². The third-order valence-corrected chi connectivity index (χ3v) is 3.93. The molecule has 0 radical (unpaired) electrons. The monoisotopic (exact) mass is 309 g/mol. The van der Waals surface area contributed by atoms with Crippen molar-refractivity contribution in [2.45, 2.75) is 19.9 Å². The number of para-hydroxylation sites is 1. The van der Waals surface area contributed by atoms with E-state index in [1.807, 2.05) is 56.3 Å². The molecule has 1 aromatic heterocycles. The van der Waals surface area contributed by atoms with E-state index in [0.29, 0.717) is 5.76 Å². The van der Waals surface area contributed by atoms with Gasteiger partial charge in [0.05, 0.1) is 13.2 Å². The number of carbonyl (C=O) groups is 1. The van der Waals surface area contributed by atoms with Crippen LogP contribution in [0.3, 0.4) is 0 Å². The van der Waals surface area contributed by atoms with Gasteiger partial charge in [0.15, 0.2) is 5.76 Å². The summed E-state index contributed by atoms with van der Waals surface area (Å²) < 4.78 is 10.8. The molecule has 0 aliphatic carbocycles. The maximum Gasteiger partial charge on any atom is 0.287 e. The van der Waals surface area contributed by atoms with Crippen LogP contribution in [0.25, 0.3) is 11.0 Å². The fourth-order valence-electron chi connectivity index (χ4n) is 2.56. The molecular weight excluding hydrogens is 290 g/mol. The molecule has 0 bridgehead atoms. The van der Waals surface area contributed by atoms with Crippen LogP contribution in [-0.2, 0) is 0 Å². The van der Waals surface area contributed by atoms with Gasteiger partial charge in [-0.1, -0.05) is 30.3 Å². The molecule has 2 aromatic carbocycles. The van der Waals surface area contributed by atoms with Crippen LogP contribution < -0.4 is 10.1 Å². The van der Waals surface area contributed by atoms with Crippen LogP contribution in [0.4, 0.5) is 0 Å². The average molecular weight is 309 g/mol. The number of carbonyl (C=O) groups excluding carboxylic acids is 1. The van der Waals surface area contributed by atoms with Gasteiger partial charge in [-0.15, -0.1) is 0 Å². The van der Waals surface area contributed by atoms with Gasteiger partial charge in [-0.2, -0.15) is 0 Å². The molecule has 0 aliphatic heterocycles. The Bertz CT molecular complexity index is 833. The van der Waals surface area contributed by atoms with E-state index in [1.54, 1.807) is 13.2 Å². The zero-order chi connectivity index (χ0) is 16.4. The van der Waals surface area contributed by atoms with Gasteiger partial charge in [0.2, 0.25) is 0 Å². The molecule has 3 rings (SSSR count). The van der Waals surface area contributed by atoms with Gasteiger partial charge < -0.3 is 14.5 Å². The first-order valence-electron chi connectivity index (χ1n) is 7.52. The molecule has 3 aromatic rings. The summed E-state index contributed by atoms with van der Waals surface area (Å²) in [4.78, 5) is 12.4. The predicted molar refractivity (Wildman–Crippen MR) is 89.8 cm³/mol. The number of aryl methyl sites for hydroxylation is 1. The van der Waals surface area contributed by atoms with Crippen molar-refractivity contribution >= 4 is 16.9 Å². The van der Waals surface area contributed by atoms with Crippen molar-refractivity contribution in [1.82, 2.24) is 5.32 Å². The number of nitrogens with one attached hydrogen (secondary N) is 1. The lowest BCUT2D eigenvalue weighted by molar-refractivity contribution is 0.0914. The third-order valence-electron chi connectivity index (χ3n) is 3.93. The van der Waals surface area contributed by atoms with Crippen LogP contribution >= 0.6 is 0 Å². The normalized spacial score (nSPS) is 12.1. The molecule has 118 valence electrons. The van der Waals surface area contributed by atoms with Crippen LogP contribution in [0.15, 0.2) is 52.9 Å². The van der Waals surface area contributed by atoms with Gasteiger partial charge in [-0.3, -0.25) is 4.79 Å². The summed E-state index contributed by atoms with van der Waals surface area (Å²) in [5, 5.41) is 3.89. The molecule has 4 heteroatoms. The Balaban J connectivity index is 1.77. The number of ether oxygens (including phenoxy) is 1. The first kappa shape index (κ1) is 15.2. The van der Waals surface area contributed by atoms with Gasteiger partial charge >= 0.3 is 0 Å². The van der Waals surface area contributed by atoms with Crippen molar-refractivity contribution in [3.05, 3.63) is 65.4 Å². The summed E-state index contributed by atoms with van der Waals surface area (Å²) in [5.74, 6) is 0.901. The first-order valence-corrected chi connectivity index (χ1v) is 7.52. The summed E-state index contributed by atoms with van der Waals surface area (Å²) in [6, 6.07) is 15.1. The first-order chi connectivity index (χ1) is 11.1. The average Bonchev–Trinajstić information content (AvgIpc) is 3.00. The molecular formula is C19H19NO3. The minimum Gasteiger partial charge on any atom is -0.497 e. The minimum atomic E-state index is -0.219. The second-order valence-electron chi connectivity index (χ2n) is 5.57. The lowest BCUT2D eigenvalue weighted by Gasteiger charge is -2.13. The second-order valence-corrected chi connectivity index (χ2v) is 5.57. The van der Waals surface area contributed by atoms with Gasteiger partial charge in [-0.25, -0.2) is 0 Å². The molecule has 0 saturated heterocycles. The van der Waals surface area contributed by atoms with Crippen molar-refractivity contribution in [2.24, 2.45) is 0 Å². The molecule has 0 aliphatic rings. The van der Waals surface area contributed by atoms with Crippen molar-refractivity contribution in [1.29, 1.82) is 0 Å². The van der Waals surface area contributed by atoms with E-state index < -0.39 is 0 Å². The number of amides is 1. The second kappa shape index (κ2) is 6.16. The number of methoxy groups -OCH3 is 1. The Morgan fingerprint density at radius 1 is 1.17 bits per heavy atom. The Kier molecular flexibility index (Phi) is 4.06. The number of fused-ring (bicyclic) bond motifs is 1. The molecule has 0 fully saturated rings.